The Morgan fingerprint density at radius 2 is 0.815 bits per heavy atom. The van der Waals surface area contributed by atoms with Crippen molar-refractivity contribution in [1.82, 2.24) is 0 Å². The van der Waals surface area contributed by atoms with Crippen molar-refractivity contribution in [2.24, 2.45) is 0 Å². The second-order valence-electron chi connectivity index (χ2n) is 6.84. The molecule has 0 N–H and O–H groups in total. The zero-order chi connectivity index (χ0) is 20.0. The zero-order valence-corrected chi connectivity index (χ0v) is 20.4. The molecular formula is C21H44O4Si2. The fraction of sp³-hybridized carbons (Fsp3) is 1.00. The fourth-order valence-corrected chi connectivity index (χ4v) is 5.04. The Labute approximate surface area is 174 Å². The van der Waals surface area contributed by atoms with Crippen LogP contribution >= 0.6 is 0 Å². The molecule has 0 saturated carbocycles. The van der Waals surface area contributed by atoms with E-state index in [0.717, 1.165) is 83.2 Å². The summed E-state index contributed by atoms with van der Waals surface area (Å²) in [6.07, 6.45) is 9.12. The summed E-state index contributed by atoms with van der Waals surface area (Å²) in [5.74, 6) is 0. The molecule has 0 aromatic rings. The predicted molar refractivity (Wildman–Crippen MR) is 117 cm³/mol. The van der Waals surface area contributed by atoms with Gasteiger partial charge in [0.05, 0.1) is 0 Å². The Balaban J connectivity index is 3.97. The Morgan fingerprint density at radius 3 is 1.07 bits per heavy atom. The van der Waals surface area contributed by atoms with E-state index in [1.165, 1.54) is 31.4 Å². The van der Waals surface area contributed by atoms with Crippen molar-refractivity contribution in [2.45, 2.75) is 109 Å². The molecule has 6 heteroatoms. The maximum absolute atomic E-state index is 5.93. The van der Waals surface area contributed by atoms with Gasteiger partial charge >= 0.3 is 0 Å². The van der Waals surface area contributed by atoms with Crippen molar-refractivity contribution in [1.29, 1.82) is 0 Å². The molecular weight excluding hydrogens is 372 g/mol. The highest BCUT2D eigenvalue weighted by molar-refractivity contribution is 6.55. The topological polar surface area (TPSA) is 36.9 Å². The van der Waals surface area contributed by atoms with Crippen LogP contribution in [0.2, 0.25) is 17.8 Å². The molecule has 0 amide bonds. The van der Waals surface area contributed by atoms with Crippen LogP contribution in [0, 0.1) is 0 Å². The van der Waals surface area contributed by atoms with E-state index in [2.05, 4.69) is 27.7 Å². The van der Waals surface area contributed by atoms with Crippen molar-refractivity contribution < 1.29 is 18.9 Å². The summed E-state index contributed by atoms with van der Waals surface area (Å²) >= 11 is 0. The maximum atomic E-state index is 5.93. The Morgan fingerprint density at radius 1 is 0.519 bits per heavy atom. The lowest BCUT2D eigenvalue weighted by Gasteiger charge is -2.19. The fourth-order valence-electron chi connectivity index (χ4n) is 2.24. The van der Waals surface area contributed by atoms with Gasteiger partial charge in [-0.1, -0.05) is 59.0 Å². The van der Waals surface area contributed by atoms with Crippen LogP contribution in [-0.4, -0.2) is 58.0 Å². The van der Waals surface area contributed by atoms with Gasteiger partial charge in [-0.25, -0.2) is 0 Å². The quantitative estimate of drug-likeness (QED) is 0.132. The van der Waals surface area contributed by atoms with Crippen LogP contribution in [0.15, 0.2) is 0 Å². The van der Waals surface area contributed by atoms with Gasteiger partial charge in [0.2, 0.25) is 0 Å². The van der Waals surface area contributed by atoms with E-state index in [4.69, 9.17) is 18.9 Å². The molecule has 0 aromatic carbocycles. The highest BCUT2D eigenvalue weighted by Gasteiger charge is 2.12. The van der Waals surface area contributed by atoms with Crippen LogP contribution in [0.25, 0.3) is 0 Å². The minimum atomic E-state index is -0.0105. The van der Waals surface area contributed by atoms with Gasteiger partial charge in [-0.15, -0.1) is 0 Å². The zero-order valence-electron chi connectivity index (χ0n) is 18.4. The van der Waals surface area contributed by atoms with E-state index in [1.807, 2.05) is 0 Å². The number of rotatable bonds is 22. The first-order valence-corrected chi connectivity index (χ1v) is 14.0. The van der Waals surface area contributed by atoms with Crippen LogP contribution < -0.4 is 0 Å². The van der Waals surface area contributed by atoms with E-state index < -0.39 is 0 Å². The minimum Gasteiger partial charge on any atom is -0.353 e. The van der Waals surface area contributed by atoms with Crippen LogP contribution in [-0.2, 0) is 18.9 Å². The average Bonchev–Trinajstić information content (AvgIpc) is 2.67. The molecule has 0 aliphatic carbocycles. The van der Waals surface area contributed by atoms with Gasteiger partial charge in [-0.3, -0.25) is 0 Å². The van der Waals surface area contributed by atoms with E-state index in [1.54, 1.807) is 0 Å². The van der Waals surface area contributed by atoms with Crippen molar-refractivity contribution in [3.05, 3.63) is 0 Å². The van der Waals surface area contributed by atoms with Gasteiger partial charge in [-0.05, 0) is 37.8 Å². The predicted octanol–water partition coefficient (Wildman–Crippen LogP) is 5.53. The molecule has 0 saturated heterocycles. The summed E-state index contributed by atoms with van der Waals surface area (Å²) in [6, 6.07) is 2.05. The van der Waals surface area contributed by atoms with E-state index in [0.29, 0.717) is 0 Å². The lowest BCUT2D eigenvalue weighted by atomic mass is 10.4. The van der Waals surface area contributed by atoms with Crippen molar-refractivity contribution in [2.75, 3.05) is 26.4 Å². The molecule has 0 aliphatic rings. The summed E-state index contributed by atoms with van der Waals surface area (Å²) < 4.78 is 23.7. The molecule has 0 aromatic heterocycles. The lowest BCUT2D eigenvalue weighted by Crippen LogP contribution is -2.23. The third-order valence-electron chi connectivity index (χ3n) is 4.08. The van der Waals surface area contributed by atoms with Crippen molar-refractivity contribution in [3.8, 4) is 0 Å². The smallest absolute Gasteiger partial charge is 0.154 e. The molecule has 0 aliphatic heterocycles. The summed E-state index contributed by atoms with van der Waals surface area (Å²) in [4.78, 5) is 0. The van der Waals surface area contributed by atoms with E-state index >= 15 is 0 Å². The number of unbranched alkanes of at least 4 members (excludes halogenated alkanes) is 4. The average molecular weight is 417 g/mol. The van der Waals surface area contributed by atoms with Gasteiger partial charge in [0, 0.05) is 45.5 Å². The highest BCUT2D eigenvalue weighted by atomic mass is 28.3. The molecule has 0 bridgehead atoms. The number of ether oxygens (including phenoxy) is 4. The van der Waals surface area contributed by atoms with Crippen molar-refractivity contribution in [3.63, 3.8) is 0 Å². The van der Waals surface area contributed by atoms with E-state index in [-0.39, 0.29) is 12.6 Å². The van der Waals surface area contributed by atoms with E-state index in [9.17, 15) is 0 Å². The van der Waals surface area contributed by atoms with Crippen LogP contribution in [0.1, 0.15) is 79.1 Å². The molecule has 160 valence electrons. The van der Waals surface area contributed by atoms with Gasteiger partial charge in [0.25, 0.3) is 0 Å². The van der Waals surface area contributed by atoms with Gasteiger partial charge in [0.1, 0.15) is 0 Å². The molecule has 0 spiro atoms. The minimum absolute atomic E-state index is 0.0105. The molecule has 0 atom stereocenters. The first-order valence-electron chi connectivity index (χ1n) is 11.2. The lowest BCUT2D eigenvalue weighted by molar-refractivity contribution is -0.131. The summed E-state index contributed by atoms with van der Waals surface area (Å²) in [6.45, 7) is 12.1. The van der Waals surface area contributed by atoms with Crippen LogP contribution in [0.4, 0.5) is 0 Å². The Bertz CT molecular complexity index is 237. The Kier molecular flexibility index (Phi) is 22.8. The molecule has 4 nitrogen and oxygen atoms in total. The Hall–Kier alpha value is 0.274. The molecule has 4 radical (unpaired) electrons. The van der Waals surface area contributed by atoms with Crippen molar-refractivity contribution >= 4 is 19.0 Å². The number of hydrogen-bond acceptors (Lipinski definition) is 4. The summed E-state index contributed by atoms with van der Waals surface area (Å²) in [7, 11) is 1.78. The van der Waals surface area contributed by atoms with Crippen LogP contribution in [0.5, 0.6) is 0 Å². The first kappa shape index (κ1) is 27.3. The molecule has 0 unspecified atom stereocenters. The standard InChI is InChI=1S/C21H44O4Si2/c1-5-9-13-22-20(23-14-10-6-2)17-26-19-27-18-21(24-15-11-7-3)25-16-12-8-4/h20-21H,5-19H2,1-4H3. The molecule has 0 rings (SSSR count). The van der Waals surface area contributed by atoms with Crippen LogP contribution in [0.3, 0.4) is 0 Å². The largest absolute Gasteiger partial charge is 0.353 e. The third-order valence-corrected chi connectivity index (χ3v) is 7.32. The second kappa shape index (κ2) is 22.6. The maximum Gasteiger partial charge on any atom is 0.154 e. The normalized spacial score (nSPS) is 11.8. The summed E-state index contributed by atoms with van der Waals surface area (Å²) in [5.41, 5.74) is 1.23. The SMILES string of the molecule is CCCCOC(C[Si]C[Si]CC(OCCCC)OCCCC)OCCCC. The monoisotopic (exact) mass is 416 g/mol. The summed E-state index contributed by atoms with van der Waals surface area (Å²) in [5, 5.41) is 0. The molecule has 27 heavy (non-hydrogen) atoms. The van der Waals surface area contributed by atoms with Gasteiger partial charge in [0.15, 0.2) is 12.6 Å². The van der Waals surface area contributed by atoms with Gasteiger partial charge in [-0.2, -0.15) is 0 Å². The molecule has 0 fully saturated rings. The highest BCUT2D eigenvalue weighted by Crippen LogP contribution is 2.09. The first-order chi connectivity index (χ1) is 13.3. The number of hydrogen-bond donors (Lipinski definition) is 0. The third kappa shape index (κ3) is 19.4. The van der Waals surface area contributed by atoms with Gasteiger partial charge < -0.3 is 18.9 Å². The second-order valence-corrected chi connectivity index (χ2v) is 10.1. The molecule has 0 heterocycles.